The molecular formula is C29H23F2N. The lowest BCUT2D eigenvalue weighted by atomic mass is 9.80. The van der Waals surface area contributed by atoms with Gasteiger partial charge in [0.1, 0.15) is 17.7 Å². The molecule has 4 rings (SSSR count). The fourth-order valence-electron chi connectivity index (χ4n) is 4.40. The van der Waals surface area contributed by atoms with Crippen LogP contribution in [-0.2, 0) is 6.42 Å². The van der Waals surface area contributed by atoms with Gasteiger partial charge in [0, 0.05) is 16.9 Å². The molecule has 1 aliphatic rings. The van der Waals surface area contributed by atoms with Crippen LogP contribution in [0.5, 0.6) is 0 Å². The molecule has 0 saturated heterocycles. The second kappa shape index (κ2) is 9.68. The molecule has 1 saturated carbocycles. The Morgan fingerprint density at radius 1 is 0.906 bits per heavy atom. The fourth-order valence-corrected chi connectivity index (χ4v) is 4.40. The van der Waals surface area contributed by atoms with Crippen molar-refractivity contribution in [3.63, 3.8) is 0 Å². The van der Waals surface area contributed by atoms with Crippen molar-refractivity contribution in [3.8, 4) is 30.3 Å². The van der Waals surface area contributed by atoms with Gasteiger partial charge in [-0.15, -0.1) is 12.3 Å². The largest absolute Gasteiger partial charge is 0.206 e. The van der Waals surface area contributed by atoms with E-state index in [1.807, 2.05) is 18.2 Å². The number of nitriles is 1. The first-order valence-electron chi connectivity index (χ1n) is 11.0. The number of terminal acetylenes is 1. The topological polar surface area (TPSA) is 23.8 Å². The number of halogens is 2. The first-order chi connectivity index (χ1) is 15.6. The fraction of sp³-hybridized carbons (Fsp3) is 0.276. The number of benzene rings is 3. The van der Waals surface area contributed by atoms with Crippen LogP contribution in [0.4, 0.5) is 8.78 Å². The van der Waals surface area contributed by atoms with E-state index in [0.717, 1.165) is 37.0 Å². The summed E-state index contributed by atoms with van der Waals surface area (Å²) in [6.45, 7) is 0. The zero-order chi connectivity index (χ0) is 22.5. The van der Waals surface area contributed by atoms with Gasteiger partial charge in [0.2, 0.25) is 0 Å². The molecule has 3 aromatic rings. The maximum absolute atomic E-state index is 15.0. The first-order valence-corrected chi connectivity index (χ1v) is 11.0. The van der Waals surface area contributed by atoms with E-state index in [2.05, 4.69) is 23.8 Å². The van der Waals surface area contributed by atoms with Crippen molar-refractivity contribution in [1.29, 1.82) is 5.26 Å². The van der Waals surface area contributed by atoms with Crippen LogP contribution in [0.2, 0.25) is 0 Å². The lowest BCUT2D eigenvalue weighted by Gasteiger charge is -2.25. The average molecular weight is 424 g/mol. The molecule has 0 bridgehead atoms. The molecule has 0 aromatic heterocycles. The van der Waals surface area contributed by atoms with Crippen LogP contribution in [0.25, 0.3) is 10.8 Å². The molecule has 158 valence electrons. The summed E-state index contributed by atoms with van der Waals surface area (Å²) in [5.41, 5.74) is 1.83. The Hall–Kier alpha value is -3.61. The van der Waals surface area contributed by atoms with Gasteiger partial charge in [0.05, 0.1) is 11.1 Å². The number of fused-ring (bicyclic) bond motifs is 1. The third-order valence-electron chi connectivity index (χ3n) is 6.37. The van der Waals surface area contributed by atoms with E-state index < -0.39 is 5.82 Å². The van der Waals surface area contributed by atoms with E-state index in [1.165, 1.54) is 30.5 Å². The Balaban J connectivity index is 1.48. The molecule has 1 aliphatic carbocycles. The van der Waals surface area contributed by atoms with Crippen molar-refractivity contribution in [2.75, 3.05) is 0 Å². The van der Waals surface area contributed by atoms with Crippen molar-refractivity contribution in [2.24, 2.45) is 11.8 Å². The Morgan fingerprint density at radius 3 is 2.41 bits per heavy atom. The molecule has 0 unspecified atom stereocenters. The summed E-state index contributed by atoms with van der Waals surface area (Å²) < 4.78 is 28.8. The summed E-state index contributed by atoms with van der Waals surface area (Å²) in [4.78, 5) is 0. The Kier molecular flexibility index (Phi) is 6.54. The highest BCUT2D eigenvalue weighted by Gasteiger charge is 2.19. The van der Waals surface area contributed by atoms with Crippen LogP contribution in [-0.4, -0.2) is 0 Å². The second-order valence-corrected chi connectivity index (χ2v) is 8.46. The summed E-state index contributed by atoms with van der Waals surface area (Å²) in [5, 5.41) is 10.2. The number of hydrogen-bond acceptors (Lipinski definition) is 1. The monoisotopic (exact) mass is 423 g/mol. The summed E-state index contributed by atoms with van der Waals surface area (Å²) in [6, 6.07) is 15.3. The van der Waals surface area contributed by atoms with Gasteiger partial charge in [-0.25, -0.2) is 8.78 Å². The molecule has 0 amide bonds. The lowest BCUT2D eigenvalue weighted by Crippen LogP contribution is -2.13. The van der Waals surface area contributed by atoms with E-state index in [9.17, 15) is 4.39 Å². The molecule has 0 heterocycles. The van der Waals surface area contributed by atoms with Crippen molar-refractivity contribution in [1.82, 2.24) is 0 Å². The number of aryl methyl sites for hydroxylation is 1. The van der Waals surface area contributed by atoms with Crippen molar-refractivity contribution < 1.29 is 8.78 Å². The van der Waals surface area contributed by atoms with Crippen LogP contribution >= 0.6 is 0 Å². The quantitative estimate of drug-likeness (QED) is 0.427. The minimum Gasteiger partial charge on any atom is -0.206 e. The molecular weight excluding hydrogens is 400 g/mol. The van der Waals surface area contributed by atoms with Crippen molar-refractivity contribution >= 4 is 10.8 Å². The standard InChI is InChI=1S/C29H23F2N/c1-2-20-3-5-21(6-4-20)7-8-22-11-16-27-25(17-22)15-14-24(29(27)31)12-9-23-10-13-26(19-32)28(30)18-23/h1,10-11,13-18,20-21H,3-8H2. The Labute approximate surface area is 188 Å². The van der Waals surface area contributed by atoms with Gasteiger partial charge in [0.25, 0.3) is 0 Å². The van der Waals surface area contributed by atoms with Gasteiger partial charge in [-0.1, -0.05) is 36.1 Å². The molecule has 32 heavy (non-hydrogen) atoms. The van der Waals surface area contributed by atoms with Gasteiger partial charge >= 0.3 is 0 Å². The van der Waals surface area contributed by atoms with E-state index in [0.29, 0.717) is 16.9 Å². The molecule has 1 fully saturated rings. The maximum Gasteiger partial charge on any atom is 0.146 e. The van der Waals surface area contributed by atoms with Crippen LogP contribution in [0, 0.1) is 59.0 Å². The van der Waals surface area contributed by atoms with Gasteiger partial charge in [-0.2, -0.15) is 5.26 Å². The zero-order valence-corrected chi connectivity index (χ0v) is 17.8. The highest BCUT2D eigenvalue weighted by atomic mass is 19.1. The van der Waals surface area contributed by atoms with Gasteiger partial charge < -0.3 is 0 Å². The van der Waals surface area contributed by atoms with Crippen LogP contribution in [0.3, 0.4) is 0 Å². The predicted octanol–water partition coefficient (Wildman–Crippen LogP) is 6.76. The minimum absolute atomic E-state index is 0.0384. The average Bonchev–Trinajstić information content (AvgIpc) is 2.82. The molecule has 1 nitrogen and oxygen atoms in total. The minimum atomic E-state index is -0.630. The molecule has 3 aromatic carbocycles. The first kappa shape index (κ1) is 21.6. The third kappa shape index (κ3) is 4.82. The predicted molar refractivity (Wildman–Crippen MR) is 124 cm³/mol. The number of nitrogens with zero attached hydrogens (tertiary/aromatic N) is 1. The maximum atomic E-state index is 15.0. The molecule has 0 radical (unpaired) electrons. The van der Waals surface area contributed by atoms with E-state index >= 15 is 4.39 Å². The van der Waals surface area contributed by atoms with Crippen LogP contribution < -0.4 is 0 Å². The molecule has 0 atom stereocenters. The van der Waals surface area contributed by atoms with Gasteiger partial charge in [0.15, 0.2) is 0 Å². The summed E-state index contributed by atoms with van der Waals surface area (Å²) in [7, 11) is 0. The number of rotatable bonds is 3. The van der Waals surface area contributed by atoms with Crippen LogP contribution in [0.15, 0.2) is 48.5 Å². The van der Waals surface area contributed by atoms with E-state index in [1.54, 1.807) is 18.2 Å². The molecule has 0 aliphatic heterocycles. The van der Waals surface area contributed by atoms with E-state index in [4.69, 9.17) is 11.7 Å². The Bertz CT molecular complexity index is 1290. The molecule has 3 heteroatoms. The van der Waals surface area contributed by atoms with Gasteiger partial charge in [-0.05, 0) is 79.7 Å². The summed E-state index contributed by atoms with van der Waals surface area (Å²) in [5.74, 6) is 8.62. The smallest absolute Gasteiger partial charge is 0.146 e. The highest BCUT2D eigenvalue weighted by molar-refractivity contribution is 5.85. The zero-order valence-electron chi connectivity index (χ0n) is 17.8. The summed E-state index contributed by atoms with van der Waals surface area (Å²) in [6.07, 6.45) is 12.3. The van der Waals surface area contributed by atoms with E-state index in [-0.39, 0.29) is 16.9 Å². The van der Waals surface area contributed by atoms with Crippen molar-refractivity contribution in [2.45, 2.75) is 38.5 Å². The van der Waals surface area contributed by atoms with Crippen molar-refractivity contribution in [3.05, 3.63) is 82.4 Å². The molecule has 0 spiro atoms. The SMILES string of the molecule is C#CC1CCC(CCc2ccc3c(F)c(C#Cc4ccc(C#N)c(F)c4)ccc3c2)CC1. The third-order valence-corrected chi connectivity index (χ3v) is 6.37. The van der Waals surface area contributed by atoms with Crippen LogP contribution in [0.1, 0.15) is 54.4 Å². The number of hydrogen-bond donors (Lipinski definition) is 0. The molecule has 0 N–H and O–H groups in total. The lowest BCUT2D eigenvalue weighted by molar-refractivity contribution is 0.302. The summed E-state index contributed by atoms with van der Waals surface area (Å²) >= 11 is 0. The second-order valence-electron chi connectivity index (χ2n) is 8.46. The van der Waals surface area contributed by atoms with Gasteiger partial charge in [-0.3, -0.25) is 0 Å². The Morgan fingerprint density at radius 2 is 1.69 bits per heavy atom. The highest BCUT2D eigenvalue weighted by Crippen LogP contribution is 2.31. The normalized spacial score (nSPS) is 17.8.